The Morgan fingerprint density at radius 1 is 1.26 bits per heavy atom. The number of nitrogens with zero attached hydrogens (tertiary/aromatic N) is 2. The van der Waals surface area contributed by atoms with Gasteiger partial charge in [-0.05, 0) is 31.2 Å². The van der Waals surface area contributed by atoms with Crippen molar-refractivity contribution in [2.24, 2.45) is 0 Å². The van der Waals surface area contributed by atoms with Gasteiger partial charge in [0.1, 0.15) is 5.15 Å². The summed E-state index contributed by atoms with van der Waals surface area (Å²) in [6.45, 7) is 1.62. The van der Waals surface area contributed by atoms with Crippen LogP contribution >= 0.6 is 11.6 Å². The lowest BCUT2D eigenvalue weighted by Gasteiger charge is -2.13. The van der Waals surface area contributed by atoms with Crippen LogP contribution in [0.5, 0.6) is 0 Å². The number of benzene rings is 1. The summed E-state index contributed by atoms with van der Waals surface area (Å²) in [5.74, 6) is -0.367. The van der Waals surface area contributed by atoms with Crippen molar-refractivity contribution in [3.63, 3.8) is 0 Å². The third-order valence-corrected chi connectivity index (χ3v) is 3.58. The lowest BCUT2D eigenvalue weighted by atomic mass is 10.2. The van der Waals surface area contributed by atoms with Crippen LogP contribution in [0.25, 0.3) is 10.9 Å². The van der Waals surface area contributed by atoms with Crippen molar-refractivity contribution in [2.45, 2.75) is 13.0 Å². The number of carbonyl (C=O) groups is 1. The number of rotatable bonds is 3. The number of aromatic nitrogens is 3. The van der Waals surface area contributed by atoms with Crippen LogP contribution in [0.4, 0.5) is 0 Å². The Kier molecular flexibility index (Phi) is 4.08. The number of H-pyrrole nitrogens is 1. The maximum Gasteiger partial charge on any atom is 0.341 e. The normalized spacial score (nSPS) is 12.1. The molecule has 3 rings (SSSR count). The fourth-order valence-electron chi connectivity index (χ4n) is 2.12. The van der Waals surface area contributed by atoms with Crippen LogP contribution in [0.15, 0.2) is 47.4 Å². The number of pyridine rings is 1. The maximum atomic E-state index is 12.1. The van der Waals surface area contributed by atoms with E-state index < -0.39 is 12.1 Å². The van der Waals surface area contributed by atoms with Gasteiger partial charge in [-0.3, -0.25) is 4.79 Å². The highest BCUT2D eigenvalue weighted by molar-refractivity contribution is 6.32. The average Bonchev–Trinajstić information content (AvgIpc) is 2.55. The van der Waals surface area contributed by atoms with Crippen LogP contribution < -0.4 is 5.56 Å². The standard InChI is InChI=1S/C16H12ClN3O3/c1-9(23-16(22)11-6-4-8-18-13(11)17)14-19-12-7-3-2-5-10(12)15(21)20-14/h2-9H,1H3,(H,19,20,21)/t9-/m1/s1. The van der Waals surface area contributed by atoms with Gasteiger partial charge in [-0.2, -0.15) is 0 Å². The molecule has 1 aromatic carbocycles. The highest BCUT2D eigenvalue weighted by Gasteiger charge is 2.19. The zero-order chi connectivity index (χ0) is 16.4. The second kappa shape index (κ2) is 6.18. The van der Waals surface area contributed by atoms with E-state index in [9.17, 15) is 9.59 Å². The first-order valence-corrected chi connectivity index (χ1v) is 7.24. The molecule has 6 nitrogen and oxygen atoms in total. The lowest BCUT2D eigenvalue weighted by molar-refractivity contribution is 0.0319. The number of nitrogens with one attached hydrogen (secondary N) is 1. The first-order chi connectivity index (χ1) is 11.1. The number of fused-ring (bicyclic) bond motifs is 1. The summed E-state index contributed by atoms with van der Waals surface area (Å²) in [5, 5.41) is 0.537. The van der Waals surface area contributed by atoms with Crippen LogP contribution in [-0.4, -0.2) is 20.9 Å². The van der Waals surface area contributed by atoms with E-state index >= 15 is 0 Å². The molecular weight excluding hydrogens is 318 g/mol. The number of ether oxygens (including phenoxy) is 1. The van der Waals surface area contributed by atoms with E-state index in [0.29, 0.717) is 10.9 Å². The molecule has 3 aromatic rings. The molecule has 7 heteroatoms. The van der Waals surface area contributed by atoms with Crippen LogP contribution in [0.2, 0.25) is 5.15 Å². The molecule has 0 saturated heterocycles. The van der Waals surface area contributed by atoms with E-state index in [1.54, 1.807) is 37.3 Å². The Labute approximate surface area is 136 Å². The minimum atomic E-state index is -0.740. The molecule has 0 bridgehead atoms. The molecule has 23 heavy (non-hydrogen) atoms. The summed E-state index contributed by atoms with van der Waals surface area (Å²) >= 11 is 5.87. The minimum absolute atomic E-state index is 0.0599. The van der Waals surface area contributed by atoms with E-state index in [-0.39, 0.29) is 22.1 Å². The Balaban J connectivity index is 1.89. The zero-order valence-electron chi connectivity index (χ0n) is 12.1. The average molecular weight is 330 g/mol. The topological polar surface area (TPSA) is 84.9 Å². The molecule has 0 aliphatic rings. The summed E-state index contributed by atoms with van der Waals surface area (Å²) in [6, 6.07) is 10.0. The number of para-hydroxylation sites is 1. The van der Waals surface area contributed by atoms with Crippen LogP contribution in [0, 0.1) is 0 Å². The van der Waals surface area contributed by atoms with Crippen LogP contribution in [-0.2, 0) is 4.74 Å². The summed E-state index contributed by atoms with van der Waals surface area (Å²) in [5.41, 5.74) is 0.408. The number of aromatic amines is 1. The van der Waals surface area contributed by atoms with Gasteiger partial charge in [0.2, 0.25) is 0 Å². The molecular formula is C16H12ClN3O3. The Morgan fingerprint density at radius 3 is 2.83 bits per heavy atom. The van der Waals surface area contributed by atoms with Gasteiger partial charge in [-0.1, -0.05) is 23.7 Å². The smallest absolute Gasteiger partial charge is 0.341 e. The van der Waals surface area contributed by atoms with E-state index in [0.717, 1.165) is 0 Å². The van der Waals surface area contributed by atoms with Crippen LogP contribution in [0.3, 0.4) is 0 Å². The van der Waals surface area contributed by atoms with Gasteiger partial charge in [-0.15, -0.1) is 0 Å². The number of hydrogen-bond donors (Lipinski definition) is 1. The molecule has 1 N–H and O–H groups in total. The van der Waals surface area contributed by atoms with E-state index in [1.807, 2.05) is 0 Å². The van der Waals surface area contributed by atoms with Gasteiger partial charge < -0.3 is 9.72 Å². The van der Waals surface area contributed by atoms with Crippen molar-refractivity contribution >= 4 is 28.5 Å². The van der Waals surface area contributed by atoms with Crippen molar-refractivity contribution in [1.82, 2.24) is 15.0 Å². The SMILES string of the molecule is C[C@@H](OC(=O)c1cccnc1Cl)c1nc2ccccc2c(=O)[nH]1. The largest absolute Gasteiger partial charge is 0.451 e. The molecule has 0 saturated carbocycles. The number of esters is 1. The van der Waals surface area contributed by atoms with Gasteiger partial charge in [0.05, 0.1) is 16.5 Å². The van der Waals surface area contributed by atoms with Crippen molar-refractivity contribution in [2.75, 3.05) is 0 Å². The lowest BCUT2D eigenvalue weighted by Crippen LogP contribution is -2.17. The van der Waals surface area contributed by atoms with E-state index in [2.05, 4.69) is 15.0 Å². The first kappa shape index (κ1) is 15.2. The van der Waals surface area contributed by atoms with Gasteiger partial charge in [0.15, 0.2) is 11.9 Å². The van der Waals surface area contributed by atoms with Crippen molar-refractivity contribution < 1.29 is 9.53 Å². The minimum Gasteiger partial charge on any atom is -0.451 e. The number of hydrogen-bond acceptors (Lipinski definition) is 5. The summed E-state index contributed by atoms with van der Waals surface area (Å²) < 4.78 is 5.31. The predicted molar refractivity (Wildman–Crippen MR) is 85.4 cm³/mol. The third-order valence-electron chi connectivity index (χ3n) is 3.28. The Morgan fingerprint density at radius 2 is 2.04 bits per heavy atom. The van der Waals surface area contributed by atoms with Gasteiger partial charge in [0, 0.05) is 6.20 Å². The summed E-state index contributed by atoms with van der Waals surface area (Å²) in [4.78, 5) is 35.0. The molecule has 2 aromatic heterocycles. The molecule has 0 radical (unpaired) electrons. The fraction of sp³-hybridized carbons (Fsp3) is 0.125. The molecule has 0 unspecified atom stereocenters. The zero-order valence-corrected chi connectivity index (χ0v) is 12.9. The highest BCUT2D eigenvalue weighted by Crippen LogP contribution is 2.19. The first-order valence-electron chi connectivity index (χ1n) is 6.86. The molecule has 0 fully saturated rings. The summed E-state index contributed by atoms with van der Waals surface area (Å²) in [7, 11) is 0. The molecule has 0 aliphatic heterocycles. The summed E-state index contributed by atoms with van der Waals surface area (Å²) in [6.07, 6.45) is 0.737. The van der Waals surface area contributed by atoms with Crippen LogP contribution in [0.1, 0.15) is 29.2 Å². The molecule has 0 spiro atoms. The molecule has 0 amide bonds. The van der Waals surface area contributed by atoms with Crippen molar-refractivity contribution in [1.29, 1.82) is 0 Å². The monoisotopic (exact) mass is 329 g/mol. The third kappa shape index (κ3) is 3.07. The Hall–Kier alpha value is -2.73. The number of carbonyl (C=O) groups excluding carboxylic acids is 1. The van der Waals surface area contributed by atoms with E-state index in [1.165, 1.54) is 12.3 Å². The van der Waals surface area contributed by atoms with Gasteiger partial charge >= 0.3 is 5.97 Å². The molecule has 1 atom stereocenters. The van der Waals surface area contributed by atoms with Gasteiger partial charge in [0.25, 0.3) is 5.56 Å². The molecule has 116 valence electrons. The van der Waals surface area contributed by atoms with E-state index in [4.69, 9.17) is 16.3 Å². The Bertz CT molecular complexity index is 939. The second-order valence-electron chi connectivity index (χ2n) is 4.86. The molecule has 2 heterocycles. The number of halogens is 1. The molecule has 0 aliphatic carbocycles. The highest BCUT2D eigenvalue weighted by atomic mass is 35.5. The second-order valence-corrected chi connectivity index (χ2v) is 5.22. The van der Waals surface area contributed by atoms with Crippen molar-refractivity contribution in [3.05, 3.63) is 69.5 Å². The fourth-order valence-corrected chi connectivity index (χ4v) is 2.31. The maximum absolute atomic E-state index is 12.1. The van der Waals surface area contributed by atoms with Gasteiger partial charge in [-0.25, -0.2) is 14.8 Å². The predicted octanol–water partition coefficient (Wildman–Crippen LogP) is 2.89. The quantitative estimate of drug-likeness (QED) is 0.590. The van der Waals surface area contributed by atoms with Crippen molar-refractivity contribution in [3.8, 4) is 0 Å².